The molecule has 2 aromatic rings. The molecule has 23 heavy (non-hydrogen) atoms. The second kappa shape index (κ2) is 7.77. The highest BCUT2D eigenvalue weighted by Crippen LogP contribution is 2.27. The molecule has 1 saturated heterocycles. The predicted octanol–water partition coefficient (Wildman–Crippen LogP) is 3.62. The molecule has 4 nitrogen and oxygen atoms in total. The Bertz CT molecular complexity index is 632. The van der Waals surface area contributed by atoms with E-state index < -0.39 is 0 Å². The van der Waals surface area contributed by atoms with Crippen LogP contribution in [0.5, 0.6) is 0 Å². The average molecular weight is 328 g/mol. The molecule has 0 N–H and O–H groups in total. The Morgan fingerprint density at radius 2 is 1.87 bits per heavy atom. The van der Waals surface area contributed by atoms with Gasteiger partial charge in [-0.1, -0.05) is 32.0 Å². The molecule has 1 unspecified atom stereocenters. The molecule has 1 aromatic heterocycles. The largest absolute Gasteiger partial charge is 0.339 e. The molecule has 1 aliphatic rings. The van der Waals surface area contributed by atoms with E-state index in [-0.39, 0.29) is 0 Å². The number of nitrogens with zero attached hydrogens (tertiary/aromatic N) is 4. The summed E-state index contributed by atoms with van der Waals surface area (Å²) in [7, 11) is 0. The van der Waals surface area contributed by atoms with Crippen molar-refractivity contribution >= 4 is 17.7 Å². The van der Waals surface area contributed by atoms with Crippen LogP contribution in [-0.4, -0.2) is 34.0 Å². The van der Waals surface area contributed by atoms with E-state index in [0.29, 0.717) is 5.92 Å². The molecule has 1 fully saturated rings. The summed E-state index contributed by atoms with van der Waals surface area (Å²) in [6.07, 6.45) is 3.03. The lowest BCUT2D eigenvalue weighted by Crippen LogP contribution is -2.24. The maximum atomic E-state index is 4.74. The Morgan fingerprint density at radius 3 is 2.61 bits per heavy atom. The molecule has 0 saturated carbocycles. The summed E-state index contributed by atoms with van der Waals surface area (Å²) in [6.45, 7) is 6.32. The van der Waals surface area contributed by atoms with Crippen LogP contribution in [0.4, 0.5) is 5.95 Å². The van der Waals surface area contributed by atoms with Gasteiger partial charge in [0.25, 0.3) is 0 Å². The first kappa shape index (κ1) is 16.2. The topological polar surface area (TPSA) is 41.9 Å². The van der Waals surface area contributed by atoms with Crippen LogP contribution in [0.2, 0.25) is 0 Å². The molecule has 122 valence electrons. The highest BCUT2D eigenvalue weighted by molar-refractivity contribution is 7.99. The summed E-state index contributed by atoms with van der Waals surface area (Å²) >= 11 is 1.95. The minimum atomic E-state index is 0.694. The van der Waals surface area contributed by atoms with Gasteiger partial charge in [0.2, 0.25) is 5.95 Å². The van der Waals surface area contributed by atoms with Gasteiger partial charge in [-0.05, 0) is 37.3 Å². The van der Waals surface area contributed by atoms with Crippen LogP contribution >= 0.6 is 11.8 Å². The SMILES string of the molecule is CCc1nnc(N2CCC(CSc3ccccc3)C2)nc1CC. The zero-order valence-corrected chi connectivity index (χ0v) is 14.7. The highest BCUT2D eigenvalue weighted by atomic mass is 32.2. The van der Waals surface area contributed by atoms with Gasteiger partial charge in [-0.25, -0.2) is 4.98 Å². The van der Waals surface area contributed by atoms with Gasteiger partial charge in [0.1, 0.15) is 0 Å². The molecule has 0 aliphatic carbocycles. The normalized spacial score (nSPS) is 17.7. The van der Waals surface area contributed by atoms with Crippen LogP contribution in [0.15, 0.2) is 35.2 Å². The minimum Gasteiger partial charge on any atom is -0.339 e. The van der Waals surface area contributed by atoms with E-state index in [1.54, 1.807) is 0 Å². The lowest BCUT2D eigenvalue weighted by molar-refractivity contribution is 0.668. The second-order valence-corrected chi connectivity index (χ2v) is 7.03. The fraction of sp³-hybridized carbons (Fsp3) is 0.500. The molecule has 3 rings (SSSR count). The number of aromatic nitrogens is 3. The van der Waals surface area contributed by atoms with Crippen molar-refractivity contribution in [1.29, 1.82) is 0 Å². The van der Waals surface area contributed by atoms with Crippen LogP contribution in [0.25, 0.3) is 0 Å². The molecule has 1 atom stereocenters. The lowest BCUT2D eigenvalue weighted by Gasteiger charge is -2.17. The van der Waals surface area contributed by atoms with Crippen LogP contribution in [0.1, 0.15) is 31.7 Å². The van der Waals surface area contributed by atoms with E-state index >= 15 is 0 Å². The number of aryl methyl sites for hydroxylation is 2. The molecule has 0 bridgehead atoms. The van der Waals surface area contributed by atoms with Crippen molar-refractivity contribution in [3.8, 4) is 0 Å². The van der Waals surface area contributed by atoms with Gasteiger partial charge in [0.05, 0.1) is 11.4 Å². The first-order valence-corrected chi connectivity index (χ1v) is 9.44. The van der Waals surface area contributed by atoms with E-state index in [1.165, 1.54) is 11.3 Å². The van der Waals surface area contributed by atoms with E-state index in [1.807, 2.05) is 11.8 Å². The Kier molecular flexibility index (Phi) is 5.49. The molecular formula is C18H24N4S. The van der Waals surface area contributed by atoms with Gasteiger partial charge in [0, 0.05) is 23.7 Å². The number of benzene rings is 1. The van der Waals surface area contributed by atoms with Crippen LogP contribution in [0, 0.1) is 5.92 Å². The van der Waals surface area contributed by atoms with Gasteiger partial charge < -0.3 is 4.90 Å². The first-order chi connectivity index (χ1) is 11.3. The Morgan fingerprint density at radius 1 is 1.09 bits per heavy atom. The molecule has 1 aliphatic heterocycles. The van der Waals surface area contributed by atoms with E-state index in [4.69, 9.17) is 4.98 Å². The zero-order chi connectivity index (χ0) is 16.1. The van der Waals surface area contributed by atoms with Gasteiger partial charge in [-0.3, -0.25) is 0 Å². The summed E-state index contributed by atoms with van der Waals surface area (Å²) in [5.74, 6) is 2.66. The van der Waals surface area contributed by atoms with Crippen molar-refractivity contribution in [3.05, 3.63) is 41.7 Å². The average Bonchev–Trinajstić information content (AvgIpc) is 3.09. The van der Waals surface area contributed by atoms with Gasteiger partial charge in [-0.15, -0.1) is 16.9 Å². The summed E-state index contributed by atoms with van der Waals surface area (Å²) in [6, 6.07) is 10.6. The summed E-state index contributed by atoms with van der Waals surface area (Å²) < 4.78 is 0. The van der Waals surface area contributed by atoms with Gasteiger partial charge >= 0.3 is 0 Å². The quantitative estimate of drug-likeness (QED) is 0.758. The van der Waals surface area contributed by atoms with Crippen molar-refractivity contribution in [1.82, 2.24) is 15.2 Å². The molecule has 0 spiro atoms. The maximum Gasteiger partial charge on any atom is 0.245 e. The fourth-order valence-corrected chi connectivity index (χ4v) is 3.99. The van der Waals surface area contributed by atoms with Crippen LogP contribution in [0.3, 0.4) is 0 Å². The number of anilines is 1. The maximum absolute atomic E-state index is 4.74. The minimum absolute atomic E-state index is 0.694. The van der Waals surface area contributed by atoms with Gasteiger partial charge in [-0.2, -0.15) is 5.10 Å². The van der Waals surface area contributed by atoms with Crippen molar-refractivity contribution in [2.45, 2.75) is 38.0 Å². The molecule has 0 radical (unpaired) electrons. The standard InChI is InChI=1S/C18H24N4S/c1-3-16-17(4-2)20-21-18(19-16)22-11-10-14(12-22)13-23-15-8-6-5-7-9-15/h5-9,14H,3-4,10-13H2,1-2H3. The summed E-state index contributed by atoms with van der Waals surface area (Å²) in [4.78, 5) is 8.39. The predicted molar refractivity (Wildman–Crippen MR) is 96.1 cm³/mol. The Balaban J connectivity index is 1.59. The number of hydrogen-bond donors (Lipinski definition) is 0. The summed E-state index contributed by atoms with van der Waals surface area (Å²) in [5, 5.41) is 8.72. The van der Waals surface area contributed by atoms with E-state index in [9.17, 15) is 0 Å². The van der Waals surface area contributed by atoms with E-state index in [2.05, 4.69) is 59.3 Å². The zero-order valence-electron chi connectivity index (χ0n) is 13.9. The van der Waals surface area contributed by atoms with Crippen molar-refractivity contribution in [2.24, 2.45) is 5.92 Å². The van der Waals surface area contributed by atoms with Crippen molar-refractivity contribution in [3.63, 3.8) is 0 Å². The molecule has 1 aromatic carbocycles. The summed E-state index contributed by atoms with van der Waals surface area (Å²) in [5.41, 5.74) is 2.13. The molecule has 0 amide bonds. The molecular weight excluding hydrogens is 304 g/mol. The number of rotatable bonds is 6. The number of thioether (sulfide) groups is 1. The third kappa shape index (κ3) is 4.02. The van der Waals surface area contributed by atoms with Crippen LogP contribution in [-0.2, 0) is 12.8 Å². The Hall–Kier alpha value is -1.62. The smallest absolute Gasteiger partial charge is 0.245 e. The van der Waals surface area contributed by atoms with Crippen molar-refractivity contribution in [2.75, 3.05) is 23.7 Å². The molecule has 2 heterocycles. The van der Waals surface area contributed by atoms with Gasteiger partial charge in [0.15, 0.2) is 0 Å². The third-order valence-corrected chi connectivity index (χ3v) is 5.54. The first-order valence-electron chi connectivity index (χ1n) is 8.45. The monoisotopic (exact) mass is 328 g/mol. The third-order valence-electron chi connectivity index (χ3n) is 4.30. The highest BCUT2D eigenvalue weighted by Gasteiger charge is 2.25. The lowest BCUT2D eigenvalue weighted by atomic mass is 10.2. The number of hydrogen-bond acceptors (Lipinski definition) is 5. The fourth-order valence-electron chi connectivity index (χ4n) is 2.94. The van der Waals surface area contributed by atoms with Crippen molar-refractivity contribution < 1.29 is 0 Å². The molecule has 5 heteroatoms. The second-order valence-electron chi connectivity index (χ2n) is 5.94. The van der Waals surface area contributed by atoms with Crippen LogP contribution < -0.4 is 4.90 Å². The van der Waals surface area contributed by atoms with E-state index in [0.717, 1.165) is 49.0 Å². The Labute approximate surface area is 142 Å².